The quantitative estimate of drug-likeness (QED) is 0.0889. The van der Waals surface area contributed by atoms with E-state index in [1.54, 1.807) is 38.1 Å². The molecular formula is C26H35ClN6O5. The summed E-state index contributed by atoms with van der Waals surface area (Å²) in [6, 6.07) is 7.01. The van der Waals surface area contributed by atoms with E-state index >= 15 is 0 Å². The van der Waals surface area contributed by atoms with Crippen molar-refractivity contribution < 1.29 is 23.8 Å². The number of nitrogens with one attached hydrogen (secondary N) is 3. The Hall–Kier alpha value is -3.59. The maximum atomic E-state index is 13.2. The fraction of sp³-hybridized carbons (Fsp3) is 0.462. The number of methoxy groups -OCH3 is 1. The number of aliphatic imine (C=N–C) groups is 1. The van der Waals surface area contributed by atoms with E-state index in [4.69, 9.17) is 31.1 Å². The summed E-state index contributed by atoms with van der Waals surface area (Å²) in [5, 5.41) is 18.0. The van der Waals surface area contributed by atoms with Gasteiger partial charge in [0.15, 0.2) is 6.19 Å². The second-order valence-electron chi connectivity index (χ2n) is 8.47. The molecule has 12 heteroatoms. The summed E-state index contributed by atoms with van der Waals surface area (Å²) in [5.74, 6) is -1.65. The van der Waals surface area contributed by atoms with Crippen molar-refractivity contribution in [2.45, 2.75) is 19.8 Å². The first-order valence-corrected chi connectivity index (χ1v) is 12.5. The molecule has 1 atom stereocenters. The molecule has 0 fully saturated rings. The van der Waals surface area contributed by atoms with E-state index in [1.807, 2.05) is 25.2 Å². The summed E-state index contributed by atoms with van der Waals surface area (Å²) < 4.78 is 16.2. The van der Waals surface area contributed by atoms with Gasteiger partial charge >= 0.3 is 11.9 Å². The van der Waals surface area contributed by atoms with Gasteiger partial charge in [0, 0.05) is 23.8 Å². The molecule has 0 radical (unpaired) electrons. The standard InChI is InChI=1S/C26H35ClN6O5/c1-6-38-25(35)23-20(15-37-14-12-30-26(31-16-28)29-11-13-33(3)4)32-17(2)21(24(34)36-5)22(23)18-9-7-8-10-19(18)27/h7-10,22,32H,6,11-15H2,1-5H3,(H2,29,30,31). The Labute approximate surface area is 228 Å². The number of carbonyl (C=O) groups excluding carboxylic acids is 2. The van der Waals surface area contributed by atoms with E-state index in [1.165, 1.54) is 7.11 Å². The number of halogens is 1. The van der Waals surface area contributed by atoms with Crippen molar-refractivity contribution in [1.29, 1.82) is 5.26 Å². The second-order valence-corrected chi connectivity index (χ2v) is 8.88. The smallest absolute Gasteiger partial charge is 0.336 e. The molecule has 1 aliphatic heterocycles. The maximum absolute atomic E-state index is 13.2. The third-order valence-corrected chi connectivity index (χ3v) is 5.88. The summed E-state index contributed by atoms with van der Waals surface area (Å²) in [6.07, 6.45) is 1.86. The summed E-state index contributed by atoms with van der Waals surface area (Å²) in [6.45, 7) is 5.45. The average molecular weight is 547 g/mol. The van der Waals surface area contributed by atoms with E-state index in [2.05, 4.69) is 20.9 Å². The van der Waals surface area contributed by atoms with Crippen LogP contribution in [-0.2, 0) is 23.8 Å². The Morgan fingerprint density at radius 1 is 1.24 bits per heavy atom. The lowest BCUT2D eigenvalue weighted by Crippen LogP contribution is -2.38. The van der Waals surface area contributed by atoms with Crippen LogP contribution in [0.2, 0.25) is 5.02 Å². The SMILES string of the molecule is CCOC(=O)C1=C(COCCNC(=NCCN(C)C)NC#N)NC(C)=C(C(=O)OC)C1c1ccccc1Cl. The maximum Gasteiger partial charge on any atom is 0.336 e. The lowest BCUT2D eigenvalue weighted by molar-refractivity contribution is -0.139. The van der Waals surface area contributed by atoms with Crippen LogP contribution in [0.15, 0.2) is 51.8 Å². The first kappa shape index (κ1) is 30.6. The molecule has 2 rings (SSSR count). The van der Waals surface area contributed by atoms with Gasteiger partial charge in [0.1, 0.15) is 0 Å². The molecule has 0 spiro atoms. The largest absolute Gasteiger partial charge is 0.466 e. The van der Waals surface area contributed by atoms with Gasteiger partial charge in [-0.15, -0.1) is 0 Å². The Morgan fingerprint density at radius 2 is 1.97 bits per heavy atom. The van der Waals surface area contributed by atoms with Crippen LogP contribution in [0.3, 0.4) is 0 Å². The van der Waals surface area contributed by atoms with Gasteiger partial charge in [0.2, 0.25) is 5.96 Å². The van der Waals surface area contributed by atoms with Gasteiger partial charge in [-0.1, -0.05) is 29.8 Å². The van der Waals surface area contributed by atoms with Crippen molar-refractivity contribution >= 4 is 29.5 Å². The van der Waals surface area contributed by atoms with Gasteiger partial charge in [-0.25, -0.2) is 9.59 Å². The molecular weight excluding hydrogens is 512 g/mol. The number of guanidine groups is 1. The minimum atomic E-state index is -0.816. The van der Waals surface area contributed by atoms with Gasteiger partial charge in [-0.2, -0.15) is 5.26 Å². The highest BCUT2D eigenvalue weighted by Crippen LogP contribution is 2.41. The van der Waals surface area contributed by atoms with Crippen LogP contribution >= 0.6 is 11.6 Å². The number of rotatable bonds is 12. The number of nitriles is 1. The van der Waals surface area contributed by atoms with E-state index in [0.29, 0.717) is 41.0 Å². The van der Waals surface area contributed by atoms with Gasteiger partial charge in [-0.05, 0) is 39.6 Å². The van der Waals surface area contributed by atoms with Crippen molar-refractivity contribution in [3.05, 3.63) is 57.4 Å². The van der Waals surface area contributed by atoms with E-state index in [-0.39, 0.29) is 31.0 Å². The van der Waals surface area contributed by atoms with Crippen molar-refractivity contribution in [2.75, 3.05) is 60.7 Å². The number of benzene rings is 1. The molecule has 0 bridgehead atoms. The average Bonchev–Trinajstić information content (AvgIpc) is 2.87. The summed E-state index contributed by atoms with van der Waals surface area (Å²) in [7, 11) is 5.16. The van der Waals surface area contributed by atoms with Gasteiger partial charge in [0.25, 0.3) is 0 Å². The zero-order chi connectivity index (χ0) is 28.1. The molecule has 0 saturated carbocycles. The summed E-state index contributed by atoms with van der Waals surface area (Å²) in [4.78, 5) is 32.3. The monoisotopic (exact) mass is 546 g/mol. The zero-order valence-electron chi connectivity index (χ0n) is 22.4. The molecule has 1 aromatic rings. The fourth-order valence-electron chi connectivity index (χ4n) is 3.83. The summed E-state index contributed by atoms with van der Waals surface area (Å²) in [5.41, 5.74) is 2.01. The molecule has 0 amide bonds. The minimum Gasteiger partial charge on any atom is -0.466 e. The van der Waals surface area contributed by atoms with Crippen molar-refractivity contribution in [3.63, 3.8) is 0 Å². The number of hydrogen-bond donors (Lipinski definition) is 3. The molecule has 0 aliphatic carbocycles. The first-order valence-electron chi connectivity index (χ1n) is 12.1. The van der Waals surface area contributed by atoms with E-state index in [0.717, 1.165) is 6.54 Å². The normalized spacial score (nSPS) is 15.6. The van der Waals surface area contributed by atoms with E-state index in [9.17, 15) is 9.59 Å². The molecule has 1 unspecified atom stereocenters. The summed E-state index contributed by atoms with van der Waals surface area (Å²) >= 11 is 6.52. The molecule has 1 heterocycles. The molecule has 1 aromatic carbocycles. The Bertz CT molecular complexity index is 1130. The Morgan fingerprint density at radius 3 is 2.61 bits per heavy atom. The minimum absolute atomic E-state index is 0.0291. The van der Waals surface area contributed by atoms with Crippen molar-refractivity contribution in [2.24, 2.45) is 4.99 Å². The van der Waals surface area contributed by atoms with Crippen LogP contribution in [0.1, 0.15) is 25.3 Å². The highest BCUT2D eigenvalue weighted by molar-refractivity contribution is 6.31. The first-order chi connectivity index (χ1) is 18.2. The van der Waals surface area contributed by atoms with Gasteiger partial charge in [-0.3, -0.25) is 10.3 Å². The number of dihydropyridines is 1. The predicted molar refractivity (Wildman–Crippen MR) is 144 cm³/mol. The Balaban J connectivity index is 2.28. The predicted octanol–water partition coefficient (Wildman–Crippen LogP) is 1.89. The number of ether oxygens (including phenoxy) is 3. The third kappa shape index (κ3) is 8.48. The highest BCUT2D eigenvalue weighted by atomic mass is 35.5. The number of allylic oxidation sites excluding steroid dienone is 1. The van der Waals surface area contributed by atoms with Crippen LogP contribution in [0.25, 0.3) is 0 Å². The molecule has 38 heavy (non-hydrogen) atoms. The lowest BCUT2D eigenvalue weighted by atomic mass is 9.80. The van der Waals surface area contributed by atoms with Crippen LogP contribution in [0.5, 0.6) is 0 Å². The molecule has 0 saturated heterocycles. The molecule has 0 aromatic heterocycles. The molecule has 1 aliphatic rings. The topological polar surface area (TPSA) is 137 Å². The number of hydrogen-bond acceptors (Lipinski definition) is 9. The number of esters is 2. The molecule has 206 valence electrons. The second kappa shape index (κ2) is 15.6. The highest BCUT2D eigenvalue weighted by Gasteiger charge is 2.39. The van der Waals surface area contributed by atoms with Crippen molar-refractivity contribution in [1.82, 2.24) is 20.9 Å². The number of carbonyl (C=O) groups is 2. The van der Waals surface area contributed by atoms with Crippen LogP contribution < -0.4 is 16.0 Å². The van der Waals surface area contributed by atoms with Gasteiger partial charge in [0.05, 0.1) is 56.2 Å². The Kier molecular flexibility index (Phi) is 12.6. The van der Waals surface area contributed by atoms with E-state index < -0.39 is 17.9 Å². The fourth-order valence-corrected chi connectivity index (χ4v) is 4.08. The van der Waals surface area contributed by atoms with Gasteiger partial charge < -0.3 is 29.7 Å². The molecule has 3 N–H and O–H groups in total. The van der Waals surface area contributed by atoms with Crippen LogP contribution in [0.4, 0.5) is 0 Å². The van der Waals surface area contributed by atoms with Crippen LogP contribution in [0, 0.1) is 11.5 Å². The van der Waals surface area contributed by atoms with Crippen LogP contribution in [-0.4, -0.2) is 83.5 Å². The van der Waals surface area contributed by atoms with Crippen molar-refractivity contribution in [3.8, 4) is 6.19 Å². The lowest BCUT2D eigenvalue weighted by Gasteiger charge is -2.31. The zero-order valence-corrected chi connectivity index (χ0v) is 23.1. The molecule has 11 nitrogen and oxygen atoms in total. The number of likely N-dealkylation sites (N-methyl/N-ethyl adjacent to an activating group) is 1. The third-order valence-electron chi connectivity index (χ3n) is 5.54. The number of nitrogens with zero attached hydrogens (tertiary/aromatic N) is 3.